The Bertz CT molecular complexity index is 311. The average Bonchev–Trinajstić information content (AvgIpc) is 2.17. The second-order valence-electron chi connectivity index (χ2n) is 5.42. The van der Waals surface area contributed by atoms with Crippen LogP contribution in [0.2, 0.25) is 0 Å². The van der Waals surface area contributed by atoms with Crippen LogP contribution in [0.25, 0.3) is 0 Å². The molecule has 3 rings (SSSR count). The highest BCUT2D eigenvalue weighted by atomic mass is 35.5. The van der Waals surface area contributed by atoms with Gasteiger partial charge >= 0.3 is 0 Å². The maximum Gasteiger partial charge on any atom is 0.0110 e. The van der Waals surface area contributed by atoms with Crippen LogP contribution in [0, 0.1) is 11.3 Å². The first-order valence-electron chi connectivity index (χ1n) is 5.87. The summed E-state index contributed by atoms with van der Waals surface area (Å²) in [6, 6.07) is 0.766. The van der Waals surface area contributed by atoms with Gasteiger partial charge in [0.15, 0.2) is 0 Å². The molecular weight excluding hydrogens is 241 g/mol. The third-order valence-electron chi connectivity index (χ3n) is 4.43. The van der Waals surface area contributed by atoms with Gasteiger partial charge in [-0.15, -0.1) is 24.8 Å². The predicted molar refractivity (Wildman–Crippen MR) is 73.6 cm³/mol. The highest BCUT2D eigenvalue weighted by Gasteiger charge is 2.44. The van der Waals surface area contributed by atoms with Crippen molar-refractivity contribution in [1.82, 2.24) is 5.32 Å². The zero-order valence-corrected chi connectivity index (χ0v) is 11.4. The van der Waals surface area contributed by atoms with Crippen molar-refractivity contribution in [3.8, 4) is 0 Å². The number of halogens is 2. The molecule has 3 aliphatic rings. The van der Waals surface area contributed by atoms with E-state index in [1.807, 2.05) is 0 Å². The number of nitrogens with one attached hydrogen (secondary N) is 1. The van der Waals surface area contributed by atoms with Gasteiger partial charge in [-0.3, -0.25) is 0 Å². The van der Waals surface area contributed by atoms with Crippen LogP contribution < -0.4 is 5.32 Å². The molecule has 1 saturated carbocycles. The SMILES string of the molecule is CC12CCNC(CC3=CC=CCC31)C2.Cl.Cl. The molecule has 1 heterocycles. The van der Waals surface area contributed by atoms with Gasteiger partial charge in [-0.25, -0.2) is 0 Å². The van der Waals surface area contributed by atoms with Gasteiger partial charge < -0.3 is 5.32 Å². The molecule has 0 amide bonds. The lowest BCUT2D eigenvalue weighted by Crippen LogP contribution is -2.50. The largest absolute Gasteiger partial charge is 0.314 e. The van der Waals surface area contributed by atoms with Gasteiger partial charge in [-0.2, -0.15) is 0 Å². The summed E-state index contributed by atoms with van der Waals surface area (Å²) in [5.41, 5.74) is 2.29. The van der Waals surface area contributed by atoms with Gasteiger partial charge in [0.1, 0.15) is 0 Å². The lowest BCUT2D eigenvalue weighted by molar-refractivity contribution is 0.0905. The molecule has 1 N–H and O–H groups in total. The Morgan fingerprint density at radius 1 is 1.38 bits per heavy atom. The molecule has 0 radical (unpaired) electrons. The van der Waals surface area contributed by atoms with E-state index in [2.05, 4.69) is 30.5 Å². The fraction of sp³-hybridized carbons (Fsp3) is 0.692. The van der Waals surface area contributed by atoms with Gasteiger partial charge in [0, 0.05) is 6.04 Å². The molecule has 3 atom stereocenters. The van der Waals surface area contributed by atoms with Gasteiger partial charge in [-0.1, -0.05) is 30.7 Å². The highest BCUT2D eigenvalue weighted by Crippen LogP contribution is 2.50. The highest BCUT2D eigenvalue weighted by molar-refractivity contribution is 5.85. The quantitative estimate of drug-likeness (QED) is 0.704. The van der Waals surface area contributed by atoms with Crippen molar-refractivity contribution in [3.63, 3.8) is 0 Å². The smallest absolute Gasteiger partial charge is 0.0110 e. The van der Waals surface area contributed by atoms with Crippen molar-refractivity contribution in [2.45, 2.75) is 38.6 Å². The van der Waals surface area contributed by atoms with E-state index in [9.17, 15) is 0 Å². The number of piperidine rings is 1. The molecule has 16 heavy (non-hydrogen) atoms. The minimum absolute atomic E-state index is 0. The predicted octanol–water partition coefficient (Wildman–Crippen LogP) is 3.49. The lowest BCUT2D eigenvalue weighted by Gasteiger charge is -2.50. The summed E-state index contributed by atoms with van der Waals surface area (Å²) < 4.78 is 0. The molecule has 2 bridgehead atoms. The van der Waals surface area contributed by atoms with E-state index in [-0.39, 0.29) is 24.8 Å². The summed E-state index contributed by atoms with van der Waals surface area (Å²) in [7, 11) is 0. The van der Waals surface area contributed by atoms with Crippen LogP contribution in [0.1, 0.15) is 32.6 Å². The van der Waals surface area contributed by atoms with E-state index in [1.54, 1.807) is 5.57 Å². The van der Waals surface area contributed by atoms with Gasteiger partial charge in [0.05, 0.1) is 0 Å². The van der Waals surface area contributed by atoms with E-state index in [0.717, 1.165) is 12.0 Å². The molecule has 0 aromatic rings. The monoisotopic (exact) mass is 261 g/mol. The molecule has 1 nitrogen and oxygen atoms in total. The Balaban J connectivity index is 0.000000640. The third-order valence-corrected chi connectivity index (χ3v) is 4.43. The van der Waals surface area contributed by atoms with Gasteiger partial charge in [0.25, 0.3) is 0 Å². The van der Waals surface area contributed by atoms with Crippen molar-refractivity contribution < 1.29 is 0 Å². The second-order valence-corrected chi connectivity index (χ2v) is 5.42. The number of hydrogen-bond acceptors (Lipinski definition) is 1. The van der Waals surface area contributed by atoms with Crippen molar-refractivity contribution in [3.05, 3.63) is 23.8 Å². The Hall–Kier alpha value is 0.0200. The number of allylic oxidation sites excluding steroid dienone is 3. The summed E-state index contributed by atoms with van der Waals surface area (Å²) in [5, 5.41) is 3.64. The van der Waals surface area contributed by atoms with Crippen molar-refractivity contribution in [2.75, 3.05) is 6.54 Å². The molecule has 92 valence electrons. The fourth-order valence-electron chi connectivity index (χ4n) is 3.66. The van der Waals surface area contributed by atoms with Crippen LogP contribution in [-0.4, -0.2) is 12.6 Å². The molecule has 0 spiro atoms. The molecule has 3 unspecified atom stereocenters. The summed E-state index contributed by atoms with van der Waals surface area (Å²) in [6.45, 7) is 3.73. The molecule has 3 heteroatoms. The zero-order chi connectivity index (χ0) is 9.60. The van der Waals surface area contributed by atoms with Crippen LogP contribution in [0.5, 0.6) is 0 Å². The van der Waals surface area contributed by atoms with Gasteiger partial charge in [0.2, 0.25) is 0 Å². The fourth-order valence-corrected chi connectivity index (χ4v) is 3.66. The Labute approximate surface area is 111 Å². The topological polar surface area (TPSA) is 12.0 Å². The van der Waals surface area contributed by atoms with Gasteiger partial charge in [-0.05, 0) is 43.6 Å². The normalized spacial score (nSPS) is 39.9. The maximum absolute atomic E-state index is 3.64. The minimum atomic E-state index is 0. The third kappa shape index (κ3) is 2.18. The van der Waals surface area contributed by atoms with Crippen LogP contribution in [0.4, 0.5) is 0 Å². The lowest BCUT2D eigenvalue weighted by atomic mass is 9.58. The Morgan fingerprint density at radius 2 is 2.19 bits per heavy atom. The first-order valence-corrected chi connectivity index (χ1v) is 5.87. The maximum atomic E-state index is 3.64. The summed E-state index contributed by atoms with van der Waals surface area (Å²) >= 11 is 0. The van der Waals surface area contributed by atoms with E-state index >= 15 is 0 Å². The van der Waals surface area contributed by atoms with Crippen LogP contribution in [0.3, 0.4) is 0 Å². The first-order chi connectivity index (χ1) is 6.78. The van der Waals surface area contributed by atoms with E-state index in [1.165, 1.54) is 32.2 Å². The molecule has 2 aliphatic carbocycles. The Morgan fingerprint density at radius 3 is 3.00 bits per heavy atom. The average molecular weight is 262 g/mol. The molecule has 0 aromatic heterocycles. The number of hydrogen-bond donors (Lipinski definition) is 1. The van der Waals surface area contributed by atoms with Crippen LogP contribution in [0.15, 0.2) is 23.8 Å². The van der Waals surface area contributed by atoms with E-state index in [4.69, 9.17) is 0 Å². The summed E-state index contributed by atoms with van der Waals surface area (Å²) in [5.74, 6) is 0.853. The van der Waals surface area contributed by atoms with E-state index in [0.29, 0.717) is 5.41 Å². The summed E-state index contributed by atoms with van der Waals surface area (Å²) in [6.07, 6.45) is 12.3. The van der Waals surface area contributed by atoms with Crippen LogP contribution in [-0.2, 0) is 0 Å². The summed E-state index contributed by atoms with van der Waals surface area (Å²) in [4.78, 5) is 0. The molecule has 1 aliphatic heterocycles. The van der Waals surface area contributed by atoms with Crippen LogP contribution >= 0.6 is 24.8 Å². The minimum Gasteiger partial charge on any atom is -0.314 e. The standard InChI is InChI=1S/C13H19N.2ClH/c1-13-6-7-14-11(9-13)8-10-4-2-3-5-12(10)13;;/h2-4,11-12,14H,5-9H2,1H3;2*1H. The molecular formula is C13H21Cl2N. The Kier molecular flexibility index (Phi) is 4.50. The number of rotatable bonds is 0. The zero-order valence-electron chi connectivity index (χ0n) is 9.74. The molecule has 2 fully saturated rings. The van der Waals surface area contributed by atoms with Crippen molar-refractivity contribution in [2.24, 2.45) is 11.3 Å². The molecule has 0 aromatic carbocycles. The molecule has 1 saturated heterocycles. The van der Waals surface area contributed by atoms with Crippen molar-refractivity contribution >= 4 is 24.8 Å². The van der Waals surface area contributed by atoms with Crippen molar-refractivity contribution in [1.29, 1.82) is 0 Å². The van der Waals surface area contributed by atoms with E-state index < -0.39 is 0 Å². The first kappa shape index (κ1) is 14.1. The number of fused-ring (bicyclic) bond motifs is 4. The second kappa shape index (κ2) is 5.12.